The highest BCUT2D eigenvalue weighted by molar-refractivity contribution is 6.00. The maximum Gasteiger partial charge on any atom is 0.165 e. The Labute approximate surface area is 60.9 Å². The smallest absolute Gasteiger partial charge is 0.165 e. The highest BCUT2D eigenvalue weighted by Crippen LogP contribution is 2.00. The van der Waals surface area contributed by atoms with E-state index in [0.29, 0.717) is 12.7 Å². The number of hydrogen-bond donors (Lipinski definition) is 0. The van der Waals surface area contributed by atoms with Crippen LogP contribution in [-0.4, -0.2) is 12.1 Å². The molecule has 0 aliphatic heterocycles. The van der Waals surface area contributed by atoms with Gasteiger partial charge in [-0.25, -0.2) is 0 Å². The molecule has 0 rings (SSSR count). The molecule has 0 aliphatic carbocycles. The minimum absolute atomic E-state index is 0.0972. The van der Waals surface area contributed by atoms with Crippen LogP contribution < -0.4 is 0 Å². The molecule has 0 aliphatic rings. The molecule has 0 aromatic heterocycles. The Morgan fingerprint density at radius 2 is 2.20 bits per heavy atom. The largest absolute Gasteiger partial charge is 0.303 e. The van der Waals surface area contributed by atoms with Crippen molar-refractivity contribution in [3.8, 4) is 0 Å². The van der Waals surface area contributed by atoms with E-state index in [2.05, 4.69) is 0 Å². The summed E-state index contributed by atoms with van der Waals surface area (Å²) < 4.78 is 0. The quantitative estimate of drug-likeness (QED) is 0.335. The first kappa shape index (κ1) is 9.08. The molecule has 10 heavy (non-hydrogen) atoms. The van der Waals surface area contributed by atoms with E-state index in [-0.39, 0.29) is 5.78 Å². The third-order valence-electron chi connectivity index (χ3n) is 1.30. The van der Waals surface area contributed by atoms with Gasteiger partial charge in [-0.05, 0) is 19.4 Å². The Morgan fingerprint density at radius 1 is 1.60 bits per heavy atom. The normalized spacial score (nSPS) is 13.4. The molecule has 1 atom stereocenters. The topological polar surface area (TPSA) is 34.1 Å². The molecule has 2 nitrogen and oxygen atoms in total. The molecular formula is C8H12O2. The molecule has 0 fully saturated rings. The van der Waals surface area contributed by atoms with Crippen LogP contribution in [0.25, 0.3) is 0 Å². The Kier molecular flexibility index (Phi) is 4.46. The standard InChI is InChI=1S/C8H12O2/c1-3-5-8(10)7(4-2)6-9/h3,5-7H,4H2,1-2H3/b5-3+. The maximum atomic E-state index is 10.9. The summed E-state index contributed by atoms with van der Waals surface area (Å²) in [6.07, 6.45) is 4.37. The zero-order valence-corrected chi connectivity index (χ0v) is 6.33. The Bertz CT molecular complexity index is 147. The molecule has 56 valence electrons. The molecule has 0 N–H and O–H groups in total. The van der Waals surface area contributed by atoms with Crippen LogP contribution >= 0.6 is 0 Å². The number of hydrogen-bond acceptors (Lipinski definition) is 2. The maximum absolute atomic E-state index is 10.9. The summed E-state index contributed by atoms with van der Waals surface area (Å²) in [5.74, 6) is -0.531. The molecule has 0 amide bonds. The van der Waals surface area contributed by atoms with Gasteiger partial charge >= 0.3 is 0 Å². The number of carbonyl (C=O) groups is 2. The van der Waals surface area contributed by atoms with Crippen LogP contribution in [0, 0.1) is 5.92 Å². The Hall–Kier alpha value is -0.920. The summed E-state index contributed by atoms with van der Waals surface area (Å²) in [5.41, 5.74) is 0. The fraction of sp³-hybridized carbons (Fsp3) is 0.500. The molecule has 0 saturated carbocycles. The van der Waals surface area contributed by atoms with Crippen LogP contribution in [0.4, 0.5) is 0 Å². The van der Waals surface area contributed by atoms with Crippen molar-refractivity contribution < 1.29 is 9.59 Å². The van der Waals surface area contributed by atoms with Crippen molar-refractivity contribution in [1.29, 1.82) is 0 Å². The molecule has 0 saturated heterocycles. The van der Waals surface area contributed by atoms with Crippen molar-refractivity contribution in [3.05, 3.63) is 12.2 Å². The zero-order valence-electron chi connectivity index (χ0n) is 6.33. The molecule has 2 heteroatoms. The summed E-state index contributed by atoms with van der Waals surface area (Å²) in [6, 6.07) is 0. The van der Waals surface area contributed by atoms with Crippen molar-refractivity contribution in [2.75, 3.05) is 0 Å². The van der Waals surface area contributed by atoms with Gasteiger partial charge in [0.1, 0.15) is 6.29 Å². The van der Waals surface area contributed by atoms with Gasteiger partial charge in [0, 0.05) is 0 Å². The second kappa shape index (κ2) is 4.91. The van der Waals surface area contributed by atoms with Crippen molar-refractivity contribution >= 4 is 12.1 Å². The van der Waals surface area contributed by atoms with Crippen LogP contribution in [-0.2, 0) is 9.59 Å². The van der Waals surface area contributed by atoms with Gasteiger partial charge in [0.25, 0.3) is 0 Å². The van der Waals surface area contributed by atoms with Gasteiger partial charge < -0.3 is 4.79 Å². The third kappa shape index (κ3) is 2.58. The lowest BCUT2D eigenvalue weighted by Crippen LogP contribution is -2.11. The third-order valence-corrected chi connectivity index (χ3v) is 1.30. The van der Waals surface area contributed by atoms with Crippen molar-refractivity contribution in [1.82, 2.24) is 0 Å². The second-order valence-corrected chi connectivity index (χ2v) is 2.05. The van der Waals surface area contributed by atoms with Crippen molar-refractivity contribution in [2.45, 2.75) is 20.3 Å². The fourth-order valence-corrected chi connectivity index (χ4v) is 0.652. The predicted octanol–water partition coefficient (Wildman–Crippen LogP) is 1.36. The number of carbonyl (C=O) groups excluding carboxylic acids is 2. The molecule has 0 bridgehead atoms. The predicted molar refractivity (Wildman–Crippen MR) is 39.7 cm³/mol. The van der Waals surface area contributed by atoms with E-state index in [4.69, 9.17) is 0 Å². The van der Waals surface area contributed by atoms with E-state index in [1.165, 1.54) is 6.08 Å². The molecule has 0 aromatic rings. The lowest BCUT2D eigenvalue weighted by Gasteiger charge is -1.98. The molecule has 0 radical (unpaired) electrons. The minimum atomic E-state index is -0.434. The van der Waals surface area contributed by atoms with Crippen LogP contribution in [0.1, 0.15) is 20.3 Å². The first-order valence-electron chi connectivity index (χ1n) is 3.38. The monoisotopic (exact) mass is 140 g/mol. The number of aldehydes is 1. The van der Waals surface area contributed by atoms with Crippen LogP contribution in [0.2, 0.25) is 0 Å². The van der Waals surface area contributed by atoms with Crippen LogP contribution in [0.15, 0.2) is 12.2 Å². The van der Waals surface area contributed by atoms with E-state index < -0.39 is 5.92 Å². The Balaban J connectivity index is 4.01. The number of rotatable bonds is 4. The molecule has 1 unspecified atom stereocenters. The van der Waals surface area contributed by atoms with Crippen LogP contribution in [0.5, 0.6) is 0 Å². The number of ketones is 1. The van der Waals surface area contributed by atoms with E-state index in [9.17, 15) is 9.59 Å². The zero-order chi connectivity index (χ0) is 7.98. The first-order chi connectivity index (χ1) is 4.76. The van der Waals surface area contributed by atoms with Crippen LogP contribution in [0.3, 0.4) is 0 Å². The van der Waals surface area contributed by atoms with E-state index in [0.717, 1.165) is 0 Å². The average molecular weight is 140 g/mol. The summed E-state index contributed by atoms with van der Waals surface area (Å²) in [6.45, 7) is 3.58. The lowest BCUT2D eigenvalue weighted by molar-refractivity contribution is -0.123. The van der Waals surface area contributed by atoms with Gasteiger partial charge in [0.2, 0.25) is 0 Å². The SMILES string of the molecule is C/C=C/C(=O)C(C=O)CC. The summed E-state index contributed by atoms with van der Waals surface area (Å²) >= 11 is 0. The summed E-state index contributed by atoms with van der Waals surface area (Å²) in [4.78, 5) is 21.1. The molecule has 0 spiro atoms. The highest BCUT2D eigenvalue weighted by atomic mass is 16.1. The van der Waals surface area contributed by atoms with Gasteiger partial charge in [-0.3, -0.25) is 4.79 Å². The van der Waals surface area contributed by atoms with Gasteiger partial charge in [0.15, 0.2) is 5.78 Å². The van der Waals surface area contributed by atoms with Gasteiger partial charge in [-0.2, -0.15) is 0 Å². The minimum Gasteiger partial charge on any atom is -0.303 e. The van der Waals surface area contributed by atoms with Gasteiger partial charge in [-0.15, -0.1) is 0 Å². The van der Waals surface area contributed by atoms with Crippen molar-refractivity contribution in [3.63, 3.8) is 0 Å². The van der Waals surface area contributed by atoms with E-state index >= 15 is 0 Å². The highest BCUT2D eigenvalue weighted by Gasteiger charge is 2.10. The van der Waals surface area contributed by atoms with Gasteiger partial charge in [-0.1, -0.05) is 13.0 Å². The van der Waals surface area contributed by atoms with E-state index in [1.54, 1.807) is 13.0 Å². The summed E-state index contributed by atoms with van der Waals surface area (Å²) in [7, 11) is 0. The summed E-state index contributed by atoms with van der Waals surface area (Å²) in [5, 5.41) is 0. The lowest BCUT2D eigenvalue weighted by atomic mass is 10.0. The molecule has 0 heterocycles. The van der Waals surface area contributed by atoms with Crippen molar-refractivity contribution in [2.24, 2.45) is 5.92 Å². The number of allylic oxidation sites excluding steroid dienone is 2. The second-order valence-electron chi connectivity index (χ2n) is 2.05. The Morgan fingerprint density at radius 3 is 2.50 bits per heavy atom. The first-order valence-corrected chi connectivity index (χ1v) is 3.38. The average Bonchev–Trinajstić information content (AvgIpc) is 1.91. The molecule has 0 aromatic carbocycles. The van der Waals surface area contributed by atoms with E-state index in [1.807, 2.05) is 6.92 Å². The van der Waals surface area contributed by atoms with Gasteiger partial charge in [0.05, 0.1) is 5.92 Å². The molecular weight excluding hydrogens is 128 g/mol. The fourth-order valence-electron chi connectivity index (χ4n) is 0.652.